The van der Waals surface area contributed by atoms with E-state index in [9.17, 15) is 4.79 Å². The van der Waals surface area contributed by atoms with Crippen molar-refractivity contribution in [3.8, 4) is 11.5 Å². The summed E-state index contributed by atoms with van der Waals surface area (Å²) in [5, 5.41) is 2.98. The molecule has 138 valence electrons. The zero-order chi connectivity index (χ0) is 18.5. The quantitative estimate of drug-likeness (QED) is 0.773. The highest BCUT2D eigenvalue weighted by Crippen LogP contribution is 2.31. The van der Waals surface area contributed by atoms with E-state index in [2.05, 4.69) is 26.1 Å². The minimum absolute atomic E-state index is 0.0330. The van der Waals surface area contributed by atoms with E-state index in [0.29, 0.717) is 19.7 Å². The Hall–Kier alpha value is -2.05. The van der Waals surface area contributed by atoms with E-state index in [1.165, 1.54) is 0 Å². The lowest BCUT2D eigenvalue weighted by Gasteiger charge is -2.30. The Morgan fingerprint density at radius 1 is 1.27 bits per heavy atom. The van der Waals surface area contributed by atoms with Gasteiger partial charge in [-0.15, -0.1) is 0 Å². The number of hydrogen-bond donors (Lipinski definition) is 1. The van der Waals surface area contributed by atoms with Crippen LogP contribution in [0.25, 0.3) is 0 Å². The first-order valence-electron chi connectivity index (χ1n) is 8.72. The lowest BCUT2D eigenvalue weighted by atomic mass is 10.2. The molecule has 1 aliphatic heterocycles. The van der Waals surface area contributed by atoms with Crippen LogP contribution in [0.15, 0.2) is 46.9 Å². The second-order valence-electron chi connectivity index (χ2n) is 6.33. The van der Waals surface area contributed by atoms with E-state index < -0.39 is 0 Å². The minimum Gasteiger partial charge on any atom is -0.486 e. The summed E-state index contributed by atoms with van der Waals surface area (Å²) in [6, 6.07) is 13.5. The van der Waals surface area contributed by atoms with Gasteiger partial charge in [0.05, 0.1) is 6.54 Å². The van der Waals surface area contributed by atoms with Crippen molar-refractivity contribution in [1.29, 1.82) is 0 Å². The SMILES string of the molecule is CCN(CC(=O)Nc1ccc(Br)cc1C)CC1COc2ccccc2O1. The second kappa shape index (κ2) is 8.56. The van der Waals surface area contributed by atoms with Gasteiger partial charge in [0.25, 0.3) is 0 Å². The van der Waals surface area contributed by atoms with E-state index in [1.807, 2.05) is 56.3 Å². The maximum atomic E-state index is 12.4. The molecule has 0 radical (unpaired) electrons. The summed E-state index contributed by atoms with van der Waals surface area (Å²) in [5.74, 6) is 1.50. The highest BCUT2D eigenvalue weighted by atomic mass is 79.9. The first-order chi connectivity index (χ1) is 12.5. The van der Waals surface area contributed by atoms with Crippen LogP contribution in [0.1, 0.15) is 12.5 Å². The predicted molar refractivity (Wildman–Crippen MR) is 106 cm³/mol. The molecule has 1 aliphatic rings. The predicted octanol–water partition coefficient (Wildman–Crippen LogP) is 3.86. The van der Waals surface area contributed by atoms with Crippen molar-refractivity contribution in [2.24, 2.45) is 0 Å². The number of para-hydroxylation sites is 2. The molecule has 0 spiro atoms. The van der Waals surface area contributed by atoms with Crippen LogP contribution in [0.4, 0.5) is 5.69 Å². The van der Waals surface area contributed by atoms with Gasteiger partial charge in [0.15, 0.2) is 11.5 Å². The fourth-order valence-electron chi connectivity index (χ4n) is 2.91. The van der Waals surface area contributed by atoms with Gasteiger partial charge < -0.3 is 14.8 Å². The molecule has 1 atom stereocenters. The van der Waals surface area contributed by atoms with Crippen LogP contribution >= 0.6 is 15.9 Å². The summed E-state index contributed by atoms with van der Waals surface area (Å²) < 4.78 is 12.7. The number of hydrogen-bond acceptors (Lipinski definition) is 4. The largest absolute Gasteiger partial charge is 0.486 e. The van der Waals surface area contributed by atoms with Crippen molar-refractivity contribution < 1.29 is 14.3 Å². The van der Waals surface area contributed by atoms with Crippen LogP contribution in [0.5, 0.6) is 11.5 Å². The molecule has 3 rings (SSSR count). The van der Waals surface area contributed by atoms with E-state index >= 15 is 0 Å². The standard InChI is InChI=1S/C20H23BrN2O3/c1-3-23(11-16-13-25-18-6-4-5-7-19(18)26-16)12-20(24)22-17-9-8-15(21)10-14(17)2/h4-10,16H,3,11-13H2,1-2H3,(H,22,24). The molecule has 1 amide bonds. The Morgan fingerprint density at radius 2 is 2.04 bits per heavy atom. The van der Waals surface area contributed by atoms with E-state index in [-0.39, 0.29) is 12.0 Å². The highest BCUT2D eigenvalue weighted by molar-refractivity contribution is 9.10. The zero-order valence-corrected chi connectivity index (χ0v) is 16.6. The summed E-state index contributed by atoms with van der Waals surface area (Å²) in [4.78, 5) is 14.5. The van der Waals surface area contributed by atoms with Gasteiger partial charge in [-0.3, -0.25) is 9.69 Å². The molecular formula is C20H23BrN2O3. The molecule has 6 heteroatoms. The van der Waals surface area contributed by atoms with Crippen LogP contribution in [-0.4, -0.2) is 43.2 Å². The molecule has 0 aliphatic carbocycles. The van der Waals surface area contributed by atoms with Gasteiger partial charge in [-0.25, -0.2) is 0 Å². The first kappa shape index (κ1) is 18.7. The molecule has 0 aromatic heterocycles. The molecule has 1 unspecified atom stereocenters. The lowest BCUT2D eigenvalue weighted by Crippen LogP contribution is -2.43. The van der Waals surface area contributed by atoms with Crippen molar-refractivity contribution in [3.05, 3.63) is 52.5 Å². The number of amides is 1. The van der Waals surface area contributed by atoms with Gasteiger partial charge in [0, 0.05) is 16.7 Å². The molecule has 2 aromatic rings. The van der Waals surface area contributed by atoms with Crippen molar-refractivity contribution >= 4 is 27.5 Å². The minimum atomic E-state index is -0.0907. The Labute approximate surface area is 162 Å². The number of likely N-dealkylation sites (N-methyl/N-ethyl adjacent to an activating group) is 1. The Morgan fingerprint density at radius 3 is 2.77 bits per heavy atom. The van der Waals surface area contributed by atoms with Gasteiger partial charge >= 0.3 is 0 Å². The molecule has 1 heterocycles. The summed E-state index contributed by atoms with van der Waals surface area (Å²) in [6.07, 6.45) is -0.0907. The number of carbonyl (C=O) groups is 1. The molecule has 26 heavy (non-hydrogen) atoms. The molecule has 0 saturated heterocycles. The maximum absolute atomic E-state index is 12.4. The van der Waals surface area contributed by atoms with Crippen molar-refractivity contribution in [3.63, 3.8) is 0 Å². The maximum Gasteiger partial charge on any atom is 0.238 e. The van der Waals surface area contributed by atoms with Gasteiger partial charge in [-0.05, 0) is 49.4 Å². The lowest BCUT2D eigenvalue weighted by molar-refractivity contribution is -0.117. The number of rotatable bonds is 6. The Bertz CT molecular complexity index is 781. The van der Waals surface area contributed by atoms with Gasteiger partial charge in [-0.2, -0.15) is 0 Å². The van der Waals surface area contributed by atoms with Crippen LogP contribution in [0.2, 0.25) is 0 Å². The van der Waals surface area contributed by atoms with Gasteiger partial charge in [0.2, 0.25) is 5.91 Å². The fraction of sp³-hybridized carbons (Fsp3) is 0.350. The summed E-state index contributed by atoms with van der Waals surface area (Å²) in [6.45, 7) is 6.21. The smallest absolute Gasteiger partial charge is 0.238 e. The van der Waals surface area contributed by atoms with Gasteiger partial charge in [-0.1, -0.05) is 35.0 Å². The summed E-state index contributed by atoms with van der Waals surface area (Å²) in [5.41, 5.74) is 1.86. The van der Waals surface area contributed by atoms with E-state index in [1.54, 1.807) is 0 Å². The Kier molecular flexibility index (Phi) is 6.16. The van der Waals surface area contributed by atoms with Crippen LogP contribution in [0.3, 0.4) is 0 Å². The number of benzene rings is 2. The molecule has 0 fully saturated rings. The van der Waals surface area contributed by atoms with Crippen molar-refractivity contribution in [1.82, 2.24) is 4.90 Å². The Balaban J connectivity index is 1.55. The number of nitrogens with zero attached hydrogens (tertiary/aromatic N) is 1. The number of nitrogens with one attached hydrogen (secondary N) is 1. The molecule has 2 aromatic carbocycles. The van der Waals surface area contributed by atoms with E-state index in [4.69, 9.17) is 9.47 Å². The molecule has 5 nitrogen and oxygen atoms in total. The normalized spacial score (nSPS) is 15.8. The van der Waals surface area contributed by atoms with Gasteiger partial charge in [0.1, 0.15) is 12.7 Å². The second-order valence-corrected chi connectivity index (χ2v) is 7.25. The fourth-order valence-corrected chi connectivity index (χ4v) is 3.38. The average molecular weight is 419 g/mol. The van der Waals surface area contributed by atoms with Crippen LogP contribution in [-0.2, 0) is 4.79 Å². The highest BCUT2D eigenvalue weighted by Gasteiger charge is 2.23. The molecule has 1 N–H and O–H groups in total. The van der Waals surface area contributed by atoms with E-state index in [0.717, 1.165) is 33.8 Å². The van der Waals surface area contributed by atoms with Crippen molar-refractivity contribution in [2.75, 3.05) is 31.6 Å². The number of anilines is 1. The molecule has 0 bridgehead atoms. The third kappa shape index (κ3) is 4.77. The molecule has 0 saturated carbocycles. The zero-order valence-electron chi connectivity index (χ0n) is 15.0. The number of aryl methyl sites for hydroxylation is 1. The monoisotopic (exact) mass is 418 g/mol. The topological polar surface area (TPSA) is 50.8 Å². The van der Waals surface area contributed by atoms with Crippen LogP contribution < -0.4 is 14.8 Å². The number of carbonyl (C=O) groups excluding carboxylic acids is 1. The third-order valence-electron chi connectivity index (χ3n) is 4.31. The number of fused-ring (bicyclic) bond motifs is 1. The van der Waals surface area contributed by atoms with Crippen molar-refractivity contribution in [2.45, 2.75) is 20.0 Å². The average Bonchev–Trinajstić information content (AvgIpc) is 2.63. The number of halogens is 1. The summed E-state index contributed by atoms with van der Waals surface area (Å²) in [7, 11) is 0. The molecular weight excluding hydrogens is 396 g/mol. The summed E-state index contributed by atoms with van der Waals surface area (Å²) >= 11 is 3.43. The third-order valence-corrected chi connectivity index (χ3v) is 4.80. The van der Waals surface area contributed by atoms with Crippen LogP contribution in [0, 0.1) is 6.92 Å². The number of ether oxygens (including phenoxy) is 2. The first-order valence-corrected chi connectivity index (χ1v) is 9.51.